The van der Waals surface area contributed by atoms with Crippen LogP contribution in [0.1, 0.15) is 10.6 Å². The summed E-state index contributed by atoms with van der Waals surface area (Å²) in [6.07, 6.45) is 4.21. The molecule has 0 aliphatic rings. The Morgan fingerprint density at radius 1 is 1.00 bits per heavy atom. The lowest BCUT2D eigenvalue weighted by Crippen LogP contribution is -2.29. The monoisotopic (exact) mass is 482 g/mol. The molecule has 0 spiro atoms. The van der Waals surface area contributed by atoms with Crippen molar-refractivity contribution in [3.05, 3.63) is 89.6 Å². The number of aromatic nitrogens is 1. The number of methoxy groups -OCH3 is 1. The van der Waals surface area contributed by atoms with Crippen molar-refractivity contribution in [1.82, 2.24) is 0 Å². The van der Waals surface area contributed by atoms with Crippen molar-refractivity contribution < 1.29 is 22.3 Å². The van der Waals surface area contributed by atoms with Crippen molar-refractivity contribution >= 4 is 43.4 Å². The van der Waals surface area contributed by atoms with Crippen LogP contribution < -0.4 is 14.2 Å². The summed E-state index contributed by atoms with van der Waals surface area (Å²) in [6.45, 7) is 1.82. The summed E-state index contributed by atoms with van der Waals surface area (Å²) >= 11 is 1.79. The Labute approximate surface area is 198 Å². The van der Waals surface area contributed by atoms with Gasteiger partial charge >= 0.3 is 0 Å². The summed E-state index contributed by atoms with van der Waals surface area (Å²) in [5.41, 5.74) is 3.23. The summed E-state index contributed by atoms with van der Waals surface area (Å²) in [5.74, 6) is 0.871. The molecule has 1 aromatic heterocycles. The molecule has 0 fully saturated rings. The molecule has 3 aromatic carbocycles. The quantitative estimate of drug-likeness (QED) is 0.303. The van der Waals surface area contributed by atoms with Gasteiger partial charge in [-0.05, 0) is 37.3 Å². The molecule has 0 aliphatic heterocycles. The van der Waals surface area contributed by atoms with Gasteiger partial charge < -0.3 is 14.2 Å². The number of nitrogens with zero attached hydrogens (tertiary/aromatic N) is 2. The van der Waals surface area contributed by atoms with E-state index in [4.69, 9.17) is 4.74 Å². The van der Waals surface area contributed by atoms with E-state index in [1.165, 1.54) is 27.4 Å². The number of para-hydroxylation sites is 3. The molecule has 172 valence electrons. The number of ether oxygens (including phenoxy) is 1. The lowest BCUT2D eigenvalue weighted by Gasteiger charge is -2.16. The highest BCUT2D eigenvalue weighted by molar-refractivity contribution is 7.85. The first kappa shape index (κ1) is 24.4. The number of thiazole rings is 1. The van der Waals surface area contributed by atoms with Gasteiger partial charge in [0.05, 0.1) is 17.7 Å². The Morgan fingerprint density at radius 2 is 1.64 bits per heavy atom. The van der Waals surface area contributed by atoms with E-state index in [1.54, 1.807) is 30.6 Å². The Bertz CT molecular complexity index is 1360. The number of hydrogen-bond acceptors (Lipinski definition) is 6. The predicted octanol–water partition coefficient (Wildman–Crippen LogP) is 4.74. The first-order chi connectivity index (χ1) is 15.7. The van der Waals surface area contributed by atoms with Gasteiger partial charge in [0, 0.05) is 25.4 Å². The van der Waals surface area contributed by atoms with Crippen LogP contribution in [0.4, 0.5) is 5.69 Å². The van der Waals surface area contributed by atoms with E-state index in [9.17, 15) is 13.0 Å². The number of anilines is 1. The summed E-state index contributed by atoms with van der Waals surface area (Å²) in [7, 11) is 1.56. The van der Waals surface area contributed by atoms with Crippen LogP contribution >= 0.6 is 11.3 Å². The zero-order valence-corrected chi connectivity index (χ0v) is 20.6. The average molecular weight is 483 g/mol. The second-order valence-electron chi connectivity index (χ2n) is 7.33. The van der Waals surface area contributed by atoms with Crippen LogP contribution in [0.3, 0.4) is 0 Å². The number of benzene rings is 3. The topological polar surface area (TPSA) is 73.5 Å². The predicted molar refractivity (Wildman–Crippen MR) is 133 cm³/mol. The van der Waals surface area contributed by atoms with Crippen LogP contribution in [0.2, 0.25) is 0 Å². The summed E-state index contributed by atoms with van der Waals surface area (Å²) in [5, 5.41) is 1.21. The first-order valence-electron chi connectivity index (χ1n) is 10.1. The Morgan fingerprint density at radius 3 is 2.27 bits per heavy atom. The van der Waals surface area contributed by atoms with Crippen molar-refractivity contribution in [3.63, 3.8) is 0 Å². The highest BCUT2D eigenvalue weighted by Gasteiger charge is 2.14. The zero-order chi connectivity index (χ0) is 24.0. The van der Waals surface area contributed by atoms with Crippen LogP contribution in [0.15, 0.2) is 83.9 Å². The molecule has 8 heteroatoms. The molecule has 0 atom stereocenters. The summed E-state index contributed by atoms with van der Waals surface area (Å²) in [4.78, 5) is 1.89. The first-order valence-corrected chi connectivity index (χ1v) is 12.4. The molecule has 0 unspecified atom stereocenters. The highest BCUT2D eigenvalue weighted by atomic mass is 32.2. The second kappa shape index (κ2) is 10.6. The van der Waals surface area contributed by atoms with Gasteiger partial charge in [0.2, 0.25) is 5.52 Å². The number of rotatable bonds is 5. The summed E-state index contributed by atoms with van der Waals surface area (Å²) in [6, 6.07) is 22.2. The normalized spacial score (nSPS) is 11.3. The van der Waals surface area contributed by atoms with Crippen LogP contribution in [-0.4, -0.2) is 27.1 Å². The maximum Gasteiger partial charge on any atom is 0.263 e. The van der Waals surface area contributed by atoms with E-state index < -0.39 is 10.1 Å². The third kappa shape index (κ3) is 6.19. The average Bonchev–Trinajstić information content (AvgIpc) is 3.13. The fourth-order valence-electron chi connectivity index (χ4n) is 3.15. The Hall–Kier alpha value is -3.20. The second-order valence-corrected chi connectivity index (χ2v) is 9.77. The molecule has 0 amide bonds. The number of aryl methyl sites for hydroxylation is 2. The fraction of sp³-hybridized carbons (Fsp3) is 0.160. The van der Waals surface area contributed by atoms with Crippen molar-refractivity contribution in [2.75, 3.05) is 19.1 Å². The van der Waals surface area contributed by atoms with E-state index in [-0.39, 0.29) is 4.90 Å². The van der Waals surface area contributed by atoms with Gasteiger partial charge in [-0.3, -0.25) is 0 Å². The van der Waals surface area contributed by atoms with Gasteiger partial charge in [-0.2, -0.15) is 4.57 Å². The van der Waals surface area contributed by atoms with Gasteiger partial charge in [0.15, 0.2) is 0 Å². The molecule has 0 radical (unpaired) electrons. The van der Waals surface area contributed by atoms with Crippen LogP contribution in [0.25, 0.3) is 16.3 Å². The van der Waals surface area contributed by atoms with E-state index in [2.05, 4.69) is 53.1 Å². The lowest BCUT2D eigenvalue weighted by atomic mass is 10.2. The lowest BCUT2D eigenvalue weighted by molar-refractivity contribution is -0.642. The molecule has 0 saturated carbocycles. The molecule has 6 nitrogen and oxygen atoms in total. The van der Waals surface area contributed by atoms with Crippen molar-refractivity contribution in [1.29, 1.82) is 0 Å². The molecular weight excluding hydrogens is 456 g/mol. The zero-order valence-electron chi connectivity index (χ0n) is 18.9. The van der Waals surface area contributed by atoms with Gasteiger partial charge in [-0.15, -0.1) is 0 Å². The molecule has 4 rings (SSSR count). The Kier molecular flexibility index (Phi) is 7.86. The Balaban J connectivity index is 0.000000235. The number of fused-ring (bicyclic) bond motifs is 1. The molecule has 4 aromatic rings. The number of hydrogen-bond donors (Lipinski definition) is 0. The van der Waals surface area contributed by atoms with Crippen LogP contribution in [0.5, 0.6) is 5.75 Å². The smallest absolute Gasteiger partial charge is 0.263 e. The third-order valence-electron chi connectivity index (χ3n) is 4.99. The molecule has 0 bridgehead atoms. The molecule has 0 N–H and O–H groups in total. The van der Waals surface area contributed by atoms with Gasteiger partial charge in [0.25, 0.3) is 5.01 Å². The largest absolute Gasteiger partial charge is 0.744 e. The maximum atomic E-state index is 10.4. The molecule has 0 aliphatic carbocycles. The minimum Gasteiger partial charge on any atom is -0.744 e. The molecule has 0 saturated heterocycles. The fourth-order valence-corrected chi connectivity index (χ4v) is 4.66. The van der Waals surface area contributed by atoms with Crippen LogP contribution in [0, 0.1) is 6.92 Å². The van der Waals surface area contributed by atoms with Crippen molar-refractivity contribution in [2.45, 2.75) is 11.8 Å². The standard InChI is InChI=1S/C18H19N2OS.C7H8O3S/c1-19(14-8-4-6-10-16(14)21-3)13-12-18-20(2)15-9-5-7-11-17(15)22-18;1-6-2-4-7(5-3-6)11(8,9)10/h4-13H,1-3H3;2-5H,1H3,(H,8,9,10)/q+1;/p-1. The van der Waals surface area contributed by atoms with E-state index in [0.29, 0.717) is 0 Å². The van der Waals surface area contributed by atoms with E-state index >= 15 is 0 Å². The highest BCUT2D eigenvalue weighted by Crippen LogP contribution is 2.27. The van der Waals surface area contributed by atoms with Crippen molar-refractivity contribution in [3.8, 4) is 5.75 Å². The maximum absolute atomic E-state index is 10.4. The molecule has 1 heterocycles. The SMILES string of the molecule is COc1ccccc1N(C)/C=C/c1sc2ccccc2[n+]1C.Cc1ccc(S(=O)(=O)[O-])cc1. The van der Waals surface area contributed by atoms with Crippen molar-refractivity contribution in [2.24, 2.45) is 7.05 Å². The molecule has 33 heavy (non-hydrogen) atoms. The van der Waals surface area contributed by atoms with E-state index in [1.807, 2.05) is 38.2 Å². The van der Waals surface area contributed by atoms with Gasteiger partial charge in [-0.1, -0.05) is 53.3 Å². The third-order valence-corrected chi connectivity index (χ3v) is 7.02. The van der Waals surface area contributed by atoms with Gasteiger partial charge in [-0.25, -0.2) is 8.42 Å². The molecular formula is C25H26N2O4S2. The minimum atomic E-state index is -4.27. The van der Waals surface area contributed by atoms with Crippen LogP contribution in [-0.2, 0) is 17.2 Å². The summed E-state index contributed by atoms with van der Waals surface area (Å²) < 4.78 is 40.1. The minimum absolute atomic E-state index is 0.178. The van der Waals surface area contributed by atoms with Gasteiger partial charge in [0.1, 0.15) is 27.6 Å². The van der Waals surface area contributed by atoms with E-state index in [0.717, 1.165) is 17.0 Å².